The number of para-hydroxylation sites is 1. The molecule has 2 rings (SSSR count). The molecule has 0 aliphatic heterocycles. The second-order valence-corrected chi connectivity index (χ2v) is 7.57. The van der Waals surface area contributed by atoms with Crippen LogP contribution in [0, 0.1) is 15.9 Å². The van der Waals surface area contributed by atoms with E-state index in [2.05, 4.69) is 4.72 Å². The third-order valence-electron chi connectivity index (χ3n) is 3.25. The van der Waals surface area contributed by atoms with Gasteiger partial charge in [0.2, 0.25) is 15.8 Å². The van der Waals surface area contributed by atoms with Gasteiger partial charge in [-0.15, -0.1) is 0 Å². The highest BCUT2D eigenvalue weighted by molar-refractivity contribution is 8.00. The highest BCUT2D eigenvalue weighted by Crippen LogP contribution is 2.46. The lowest BCUT2D eigenvalue weighted by Crippen LogP contribution is -2.32. The van der Waals surface area contributed by atoms with Crippen LogP contribution in [-0.2, 0) is 10.0 Å². The van der Waals surface area contributed by atoms with Crippen LogP contribution < -0.4 is 4.72 Å². The molecular formula is C11H13FN2O4S2. The van der Waals surface area contributed by atoms with Gasteiger partial charge in [0.05, 0.1) is 4.92 Å². The molecule has 0 radical (unpaired) electrons. The van der Waals surface area contributed by atoms with E-state index in [1.54, 1.807) is 11.8 Å². The summed E-state index contributed by atoms with van der Waals surface area (Å²) in [5, 5.41) is 10.8. The molecule has 1 saturated carbocycles. The van der Waals surface area contributed by atoms with E-state index in [9.17, 15) is 22.9 Å². The van der Waals surface area contributed by atoms with E-state index < -0.39 is 31.3 Å². The van der Waals surface area contributed by atoms with Crippen molar-refractivity contribution in [2.45, 2.75) is 22.5 Å². The maximum Gasteiger partial charge on any atom is 0.324 e. The Bertz CT molecular complexity index is 644. The van der Waals surface area contributed by atoms with Crippen LogP contribution >= 0.6 is 11.8 Å². The van der Waals surface area contributed by atoms with Crippen LogP contribution in [0.4, 0.5) is 10.1 Å². The Labute approximate surface area is 120 Å². The van der Waals surface area contributed by atoms with Crippen molar-refractivity contribution in [3.8, 4) is 0 Å². The molecule has 0 spiro atoms. The van der Waals surface area contributed by atoms with E-state index in [1.807, 2.05) is 6.26 Å². The zero-order valence-electron chi connectivity index (χ0n) is 10.6. The minimum absolute atomic E-state index is 0.130. The molecule has 1 aromatic rings. The summed E-state index contributed by atoms with van der Waals surface area (Å²) in [5.41, 5.74) is -1.02. The zero-order valence-corrected chi connectivity index (χ0v) is 12.3. The van der Waals surface area contributed by atoms with E-state index in [0.717, 1.165) is 31.0 Å². The average molecular weight is 320 g/mol. The summed E-state index contributed by atoms with van der Waals surface area (Å²) in [6.07, 6.45) is 3.66. The van der Waals surface area contributed by atoms with Gasteiger partial charge in [0.1, 0.15) is 0 Å². The Morgan fingerprint density at radius 1 is 1.50 bits per heavy atom. The normalized spacial score (nSPS) is 16.9. The number of nitrogens with zero attached hydrogens (tertiary/aromatic N) is 1. The number of nitrogens with one attached hydrogen (secondary N) is 1. The minimum atomic E-state index is -4.11. The lowest BCUT2D eigenvalue weighted by molar-refractivity contribution is -0.390. The maximum absolute atomic E-state index is 13.4. The van der Waals surface area contributed by atoms with Gasteiger partial charge in [0.25, 0.3) is 0 Å². The van der Waals surface area contributed by atoms with Gasteiger partial charge in [0.15, 0.2) is 4.90 Å². The quantitative estimate of drug-likeness (QED) is 0.639. The highest BCUT2D eigenvalue weighted by Gasteiger charge is 2.43. The molecule has 20 heavy (non-hydrogen) atoms. The van der Waals surface area contributed by atoms with Crippen LogP contribution in [0.3, 0.4) is 0 Å². The molecule has 0 bridgehead atoms. The smallest absolute Gasteiger partial charge is 0.258 e. The number of halogens is 1. The van der Waals surface area contributed by atoms with Gasteiger partial charge in [-0.3, -0.25) is 10.1 Å². The summed E-state index contributed by atoms with van der Waals surface area (Å²) >= 11 is 1.55. The number of benzene rings is 1. The predicted octanol–water partition coefficient (Wildman–Crippen LogP) is 1.91. The summed E-state index contributed by atoms with van der Waals surface area (Å²) in [6, 6.07) is 3.03. The molecule has 0 unspecified atom stereocenters. The Morgan fingerprint density at radius 3 is 2.65 bits per heavy atom. The molecule has 1 aromatic carbocycles. The molecule has 0 amide bonds. The topological polar surface area (TPSA) is 89.3 Å². The summed E-state index contributed by atoms with van der Waals surface area (Å²) in [5.74, 6) is -1.16. The Hall–Kier alpha value is -1.19. The molecule has 1 N–H and O–H groups in total. The number of hydrogen-bond donors (Lipinski definition) is 1. The number of sulfonamides is 1. The Kier molecular flexibility index (Phi) is 4.03. The SMILES string of the molecule is CSC1(CNS(=O)(=O)c2cccc(F)c2[N+](=O)[O-])CC1. The molecule has 110 valence electrons. The van der Waals surface area contributed by atoms with Crippen molar-refractivity contribution in [1.29, 1.82) is 0 Å². The van der Waals surface area contributed by atoms with E-state index in [4.69, 9.17) is 0 Å². The number of nitro groups is 1. The molecule has 9 heteroatoms. The molecule has 0 heterocycles. The first-order valence-electron chi connectivity index (χ1n) is 5.79. The maximum atomic E-state index is 13.4. The van der Waals surface area contributed by atoms with E-state index in [0.29, 0.717) is 0 Å². The number of nitro benzene ring substituents is 1. The summed E-state index contributed by atoms with van der Waals surface area (Å²) in [7, 11) is -4.11. The van der Waals surface area contributed by atoms with Gasteiger partial charge in [-0.1, -0.05) is 6.07 Å². The van der Waals surface area contributed by atoms with Gasteiger partial charge >= 0.3 is 5.69 Å². The van der Waals surface area contributed by atoms with Gasteiger partial charge < -0.3 is 0 Å². The van der Waals surface area contributed by atoms with Gasteiger partial charge in [-0.25, -0.2) is 13.1 Å². The second-order valence-electron chi connectivity index (χ2n) is 4.56. The van der Waals surface area contributed by atoms with Gasteiger partial charge in [-0.05, 0) is 31.2 Å². The number of thioether (sulfide) groups is 1. The lowest BCUT2D eigenvalue weighted by atomic mass is 10.3. The van der Waals surface area contributed by atoms with Crippen LogP contribution in [0.15, 0.2) is 23.1 Å². The fourth-order valence-electron chi connectivity index (χ4n) is 1.79. The van der Waals surface area contributed by atoms with E-state index in [-0.39, 0.29) is 11.3 Å². The van der Waals surface area contributed by atoms with Gasteiger partial charge in [0, 0.05) is 11.3 Å². The fourth-order valence-corrected chi connectivity index (χ4v) is 3.91. The molecular weight excluding hydrogens is 307 g/mol. The van der Waals surface area contributed by atoms with E-state index >= 15 is 0 Å². The third kappa shape index (κ3) is 2.94. The molecule has 6 nitrogen and oxygen atoms in total. The van der Waals surface area contributed by atoms with Crippen molar-refractivity contribution in [2.24, 2.45) is 0 Å². The monoisotopic (exact) mass is 320 g/mol. The summed E-state index contributed by atoms with van der Waals surface area (Å²) in [6.45, 7) is 0.185. The molecule has 0 aromatic heterocycles. The fraction of sp³-hybridized carbons (Fsp3) is 0.455. The predicted molar refractivity (Wildman–Crippen MR) is 73.7 cm³/mol. The van der Waals surface area contributed by atoms with Crippen LogP contribution in [0.1, 0.15) is 12.8 Å². The van der Waals surface area contributed by atoms with Crippen LogP contribution in [-0.4, -0.2) is 30.9 Å². The Balaban J connectivity index is 2.30. The number of rotatable bonds is 6. The van der Waals surface area contributed by atoms with Crippen molar-refractivity contribution >= 4 is 27.5 Å². The van der Waals surface area contributed by atoms with Crippen molar-refractivity contribution < 1.29 is 17.7 Å². The summed E-state index contributed by atoms with van der Waals surface area (Å²) in [4.78, 5) is 9.17. The number of hydrogen-bond acceptors (Lipinski definition) is 5. The first-order valence-corrected chi connectivity index (χ1v) is 8.50. The molecule has 1 aliphatic rings. The van der Waals surface area contributed by atoms with Crippen molar-refractivity contribution in [3.05, 3.63) is 34.1 Å². The molecule has 1 aliphatic carbocycles. The third-order valence-corrected chi connectivity index (χ3v) is 6.10. The average Bonchev–Trinajstić information content (AvgIpc) is 3.16. The lowest BCUT2D eigenvalue weighted by Gasteiger charge is -2.13. The molecule has 0 atom stereocenters. The molecule has 1 fully saturated rings. The Morgan fingerprint density at radius 2 is 2.15 bits per heavy atom. The largest absolute Gasteiger partial charge is 0.324 e. The zero-order chi connectivity index (χ0) is 15.0. The molecule has 0 saturated heterocycles. The van der Waals surface area contributed by atoms with Crippen LogP contribution in [0.2, 0.25) is 0 Å². The van der Waals surface area contributed by atoms with Crippen LogP contribution in [0.25, 0.3) is 0 Å². The van der Waals surface area contributed by atoms with Crippen LogP contribution in [0.5, 0.6) is 0 Å². The van der Waals surface area contributed by atoms with Crippen molar-refractivity contribution in [1.82, 2.24) is 4.72 Å². The first kappa shape index (κ1) is 15.2. The highest BCUT2D eigenvalue weighted by atomic mass is 32.2. The summed E-state index contributed by atoms with van der Waals surface area (Å²) < 4.78 is 39.9. The standard InChI is InChI=1S/C11H13FN2O4S2/c1-19-11(5-6-11)7-13-20(17,18)9-4-2-3-8(12)10(9)14(15)16/h2-4,13H,5-7H2,1H3. The van der Waals surface area contributed by atoms with Crippen molar-refractivity contribution in [3.63, 3.8) is 0 Å². The van der Waals surface area contributed by atoms with E-state index in [1.165, 1.54) is 0 Å². The first-order chi connectivity index (χ1) is 9.31. The second kappa shape index (κ2) is 5.30. The van der Waals surface area contributed by atoms with Crippen molar-refractivity contribution in [2.75, 3.05) is 12.8 Å². The van der Waals surface area contributed by atoms with Gasteiger partial charge in [-0.2, -0.15) is 16.2 Å². The minimum Gasteiger partial charge on any atom is -0.258 e.